The second-order valence-electron chi connectivity index (χ2n) is 4.95. The van der Waals surface area contributed by atoms with Gasteiger partial charge in [-0.25, -0.2) is 0 Å². The second kappa shape index (κ2) is 7.55. The van der Waals surface area contributed by atoms with Crippen LogP contribution in [-0.4, -0.2) is 60.5 Å². The van der Waals surface area contributed by atoms with Crippen LogP contribution in [0.5, 0.6) is 0 Å². The molecule has 0 aromatic carbocycles. The molecular weight excluding hydrogens is 242 g/mol. The molecule has 1 aromatic rings. The molecule has 0 saturated carbocycles. The number of pyridine rings is 1. The van der Waals surface area contributed by atoms with Crippen molar-refractivity contribution in [1.82, 2.24) is 15.2 Å². The highest BCUT2D eigenvalue weighted by molar-refractivity contribution is 5.07. The van der Waals surface area contributed by atoms with E-state index in [1.54, 1.807) is 6.20 Å². The first-order valence-electron chi connectivity index (χ1n) is 6.88. The molecule has 0 amide bonds. The Bertz CT molecular complexity index is 355. The molecule has 2 heterocycles. The van der Waals surface area contributed by atoms with Crippen LogP contribution < -0.4 is 5.32 Å². The number of rotatable bonds is 6. The lowest BCUT2D eigenvalue weighted by atomic mass is 10.2. The highest BCUT2D eigenvalue weighted by Gasteiger charge is 2.15. The molecule has 5 heteroatoms. The molecular formula is C14H23N3O2. The van der Waals surface area contributed by atoms with E-state index in [0.717, 1.165) is 32.0 Å². The van der Waals surface area contributed by atoms with E-state index in [9.17, 15) is 5.11 Å². The lowest BCUT2D eigenvalue weighted by Gasteiger charge is -2.29. The van der Waals surface area contributed by atoms with Crippen molar-refractivity contribution in [2.24, 2.45) is 0 Å². The highest BCUT2D eigenvalue weighted by atomic mass is 16.5. The van der Waals surface area contributed by atoms with Crippen LogP contribution in [0.15, 0.2) is 24.4 Å². The van der Waals surface area contributed by atoms with Gasteiger partial charge in [-0.3, -0.25) is 9.88 Å². The van der Waals surface area contributed by atoms with E-state index in [-0.39, 0.29) is 12.1 Å². The minimum absolute atomic E-state index is 0.153. The monoisotopic (exact) mass is 265 g/mol. The fourth-order valence-corrected chi connectivity index (χ4v) is 2.20. The van der Waals surface area contributed by atoms with Crippen molar-refractivity contribution < 1.29 is 9.84 Å². The molecule has 1 aromatic heterocycles. The van der Waals surface area contributed by atoms with Crippen LogP contribution in [0.3, 0.4) is 0 Å². The number of aromatic nitrogens is 1. The van der Waals surface area contributed by atoms with Gasteiger partial charge in [0.05, 0.1) is 25.0 Å². The van der Waals surface area contributed by atoms with Crippen LogP contribution in [0.1, 0.15) is 18.7 Å². The Hall–Kier alpha value is -1.01. The van der Waals surface area contributed by atoms with Gasteiger partial charge in [0.1, 0.15) is 0 Å². The zero-order chi connectivity index (χ0) is 13.5. The van der Waals surface area contributed by atoms with Gasteiger partial charge in [0.25, 0.3) is 0 Å². The molecule has 0 bridgehead atoms. The van der Waals surface area contributed by atoms with Crippen molar-refractivity contribution in [3.05, 3.63) is 30.1 Å². The van der Waals surface area contributed by atoms with E-state index in [4.69, 9.17) is 4.74 Å². The summed E-state index contributed by atoms with van der Waals surface area (Å²) in [5.41, 5.74) is 1.00. The maximum absolute atomic E-state index is 10.0. The average Bonchev–Trinajstić information content (AvgIpc) is 2.47. The Morgan fingerprint density at radius 3 is 2.89 bits per heavy atom. The molecule has 0 aliphatic carbocycles. The van der Waals surface area contributed by atoms with Gasteiger partial charge in [-0.15, -0.1) is 0 Å². The van der Waals surface area contributed by atoms with Crippen molar-refractivity contribution in [1.29, 1.82) is 0 Å². The van der Waals surface area contributed by atoms with Gasteiger partial charge in [-0.1, -0.05) is 6.07 Å². The summed E-state index contributed by atoms with van der Waals surface area (Å²) in [5.74, 6) is 0. The lowest BCUT2D eigenvalue weighted by Crippen LogP contribution is -2.44. The van der Waals surface area contributed by atoms with Crippen LogP contribution in [0.25, 0.3) is 0 Å². The van der Waals surface area contributed by atoms with E-state index in [1.165, 1.54) is 0 Å². The number of hydrogen-bond donors (Lipinski definition) is 2. The second-order valence-corrected chi connectivity index (χ2v) is 4.95. The minimum atomic E-state index is -0.357. The largest absolute Gasteiger partial charge is 0.390 e. The fraction of sp³-hybridized carbons (Fsp3) is 0.643. The summed E-state index contributed by atoms with van der Waals surface area (Å²) in [6.07, 6.45) is 1.43. The smallest absolute Gasteiger partial charge is 0.0791 e. The summed E-state index contributed by atoms with van der Waals surface area (Å²) < 4.78 is 5.29. The van der Waals surface area contributed by atoms with Crippen LogP contribution in [0.2, 0.25) is 0 Å². The van der Waals surface area contributed by atoms with Crippen LogP contribution in [-0.2, 0) is 4.74 Å². The molecule has 0 spiro atoms. The molecule has 2 atom stereocenters. The number of nitrogens with one attached hydrogen (secondary N) is 1. The Labute approximate surface area is 114 Å². The molecule has 5 nitrogen and oxygen atoms in total. The Morgan fingerprint density at radius 1 is 1.42 bits per heavy atom. The van der Waals surface area contributed by atoms with Gasteiger partial charge in [0, 0.05) is 38.4 Å². The number of hydrogen-bond acceptors (Lipinski definition) is 5. The molecule has 1 aliphatic rings. The number of aliphatic hydroxyl groups is 1. The first kappa shape index (κ1) is 14.4. The van der Waals surface area contributed by atoms with Crippen molar-refractivity contribution >= 4 is 0 Å². The first-order chi connectivity index (χ1) is 9.25. The van der Waals surface area contributed by atoms with Gasteiger partial charge in [0.2, 0.25) is 0 Å². The van der Waals surface area contributed by atoms with E-state index in [2.05, 4.69) is 22.1 Å². The lowest BCUT2D eigenvalue weighted by molar-refractivity contribution is 0.0145. The predicted molar refractivity (Wildman–Crippen MR) is 73.9 cm³/mol. The zero-order valence-corrected chi connectivity index (χ0v) is 11.5. The average molecular weight is 265 g/mol. The Morgan fingerprint density at radius 2 is 2.21 bits per heavy atom. The molecule has 2 N–H and O–H groups in total. The van der Waals surface area contributed by atoms with Crippen molar-refractivity contribution in [2.75, 3.05) is 39.4 Å². The van der Waals surface area contributed by atoms with E-state index < -0.39 is 0 Å². The van der Waals surface area contributed by atoms with Crippen molar-refractivity contribution in [3.8, 4) is 0 Å². The molecule has 106 valence electrons. The maximum Gasteiger partial charge on any atom is 0.0791 e. The third-order valence-corrected chi connectivity index (χ3v) is 3.36. The topological polar surface area (TPSA) is 57.6 Å². The quantitative estimate of drug-likeness (QED) is 0.781. The number of aliphatic hydroxyl groups excluding tert-OH is 1. The first-order valence-corrected chi connectivity index (χ1v) is 6.88. The van der Waals surface area contributed by atoms with Crippen molar-refractivity contribution in [3.63, 3.8) is 0 Å². The molecule has 0 radical (unpaired) electrons. The maximum atomic E-state index is 10.0. The zero-order valence-electron chi connectivity index (χ0n) is 11.5. The standard InChI is InChI=1S/C14H23N3O2/c1-12(14-4-2-3-5-15-14)16-10-13(18)11-17-6-8-19-9-7-17/h2-5,12-13,16,18H,6-11H2,1H3/t12-,13?/m1/s1. The van der Waals surface area contributed by atoms with Gasteiger partial charge < -0.3 is 15.2 Å². The summed E-state index contributed by atoms with van der Waals surface area (Å²) in [4.78, 5) is 6.54. The number of nitrogens with zero attached hydrogens (tertiary/aromatic N) is 2. The van der Waals surface area contributed by atoms with Crippen LogP contribution in [0, 0.1) is 0 Å². The highest BCUT2D eigenvalue weighted by Crippen LogP contribution is 2.07. The Balaban J connectivity index is 1.69. The Kier molecular flexibility index (Phi) is 5.72. The third kappa shape index (κ3) is 4.87. The molecule has 1 fully saturated rings. The number of morpholine rings is 1. The SMILES string of the molecule is C[C@@H](NCC(O)CN1CCOCC1)c1ccccn1. The summed E-state index contributed by atoms with van der Waals surface area (Å²) >= 11 is 0. The fourth-order valence-electron chi connectivity index (χ4n) is 2.20. The molecule has 19 heavy (non-hydrogen) atoms. The molecule has 1 unspecified atom stereocenters. The van der Waals surface area contributed by atoms with Gasteiger partial charge >= 0.3 is 0 Å². The molecule has 1 saturated heterocycles. The van der Waals surface area contributed by atoms with Gasteiger partial charge in [-0.2, -0.15) is 0 Å². The van der Waals surface area contributed by atoms with Gasteiger partial charge in [0.15, 0.2) is 0 Å². The summed E-state index contributed by atoms with van der Waals surface area (Å²) in [5, 5.41) is 13.3. The third-order valence-electron chi connectivity index (χ3n) is 3.36. The van der Waals surface area contributed by atoms with Crippen molar-refractivity contribution in [2.45, 2.75) is 19.1 Å². The van der Waals surface area contributed by atoms with Gasteiger partial charge in [-0.05, 0) is 19.1 Å². The van der Waals surface area contributed by atoms with E-state index in [0.29, 0.717) is 13.1 Å². The number of ether oxygens (including phenoxy) is 1. The number of β-amino-alcohol motifs (C(OH)–C–C–N with tert-alkyl or cyclic N) is 1. The normalized spacial score (nSPS) is 20.1. The van der Waals surface area contributed by atoms with E-state index >= 15 is 0 Å². The minimum Gasteiger partial charge on any atom is -0.390 e. The summed E-state index contributed by atoms with van der Waals surface area (Å²) in [6, 6.07) is 6.03. The molecule has 2 rings (SSSR count). The molecule has 1 aliphatic heterocycles. The van der Waals surface area contributed by atoms with Crippen LogP contribution >= 0.6 is 0 Å². The summed E-state index contributed by atoms with van der Waals surface area (Å²) in [7, 11) is 0. The van der Waals surface area contributed by atoms with Crippen LogP contribution in [0.4, 0.5) is 0 Å². The predicted octanol–water partition coefficient (Wildman–Crippen LogP) is 0.425. The summed E-state index contributed by atoms with van der Waals surface area (Å²) in [6.45, 7) is 6.69. The van der Waals surface area contributed by atoms with E-state index in [1.807, 2.05) is 18.2 Å².